The molecule has 0 aromatic heterocycles. The van der Waals surface area contributed by atoms with Gasteiger partial charge in [0.2, 0.25) is 0 Å². The van der Waals surface area contributed by atoms with E-state index in [-0.39, 0.29) is 17.5 Å². The van der Waals surface area contributed by atoms with Gasteiger partial charge >= 0.3 is 0 Å². The van der Waals surface area contributed by atoms with Gasteiger partial charge < -0.3 is 15.0 Å². The number of amides is 1. The molecule has 0 bridgehead atoms. The van der Waals surface area contributed by atoms with E-state index in [1.165, 1.54) is 6.07 Å². The van der Waals surface area contributed by atoms with E-state index < -0.39 is 5.92 Å². The summed E-state index contributed by atoms with van der Waals surface area (Å²) in [6.07, 6.45) is 2.06. The van der Waals surface area contributed by atoms with Gasteiger partial charge in [-0.15, -0.1) is 0 Å². The van der Waals surface area contributed by atoms with Crippen LogP contribution in [0.3, 0.4) is 0 Å². The van der Waals surface area contributed by atoms with Crippen LogP contribution in [-0.2, 0) is 14.3 Å². The van der Waals surface area contributed by atoms with Crippen molar-refractivity contribution in [2.45, 2.75) is 32.1 Å². The Bertz CT molecular complexity index is 909. The third-order valence-electron chi connectivity index (χ3n) is 5.51. The Morgan fingerprint density at radius 2 is 2.07 bits per heavy atom. The summed E-state index contributed by atoms with van der Waals surface area (Å²) in [5, 5.41) is 3.37. The molecule has 7 heteroatoms. The fourth-order valence-corrected chi connectivity index (χ4v) is 4.63. The van der Waals surface area contributed by atoms with Crippen LogP contribution in [0.15, 0.2) is 45.2 Å². The molecule has 3 aliphatic rings. The van der Waals surface area contributed by atoms with E-state index in [2.05, 4.69) is 21.2 Å². The highest BCUT2D eigenvalue weighted by Crippen LogP contribution is 2.45. The van der Waals surface area contributed by atoms with Crippen molar-refractivity contribution < 1.29 is 18.7 Å². The number of carbonyl (C=O) groups is 2. The lowest BCUT2D eigenvalue weighted by molar-refractivity contribution is -0.126. The Balaban J connectivity index is 1.75. The van der Waals surface area contributed by atoms with Crippen LogP contribution in [0.5, 0.6) is 0 Å². The molecule has 1 aromatic carbocycles. The third-order valence-corrected chi connectivity index (χ3v) is 6.12. The topological polar surface area (TPSA) is 58.6 Å². The number of halogens is 2. The zero-order valence-electron chi connectivity index (χ0n) is 15.7. The molecule has 2 aliphatic heterocycles. The number of nitrogens with one attached hydrogen (secondary N) is 1. The monoisotopic (exact) mass is 448 g/mol. The van der Waals surface area contributed by atoms with E-state index in [1.807, 2.05) is 6.92 Å². The smallest absolute Gasteiger partial charge is 0.253 e. The standard InChI is InChI=1S/C21H22BrFN2O3/c1-2-28-9-8-25-11-16-20(21(25)27)18(12-6-7-14(23)13(22)10-12)19-15(24-16)4-3-5-17(19)26/h6-7,10,18,24H,2-5,8-9,11H2,1H3/t18-/m0/s1. The van der Waals surface area contributed by atoms with Crippen molar-refractivity contribution in [3.63, 3.8) is 0 Å². The van der Waals surface area contributed by atoms with Crippen molar-refractivity contribution in [1.29, 1.82) is 0 Å². The molecule has 1 amide bonds. The summed E-state index contributed by atoms with van der Waals surface area (Å²) in [4.78, 5) is 27.8. The van der Waals surface area contributed by atoms with Gasteiger partial charge in [0, 0.05) is 42.5 Å². The molecule has 0 saturated heterocycles. The zero-order chi connectivity index (χ0) is 19.8. The van der Waals surface area contributed by atoms with Crippen LogP contribution in [0.4, 0.5) is 4.39 Å². The Kier molecular flexibility index (Phi) is 5.38. The van der Waals surface area contributed by atoms with Crippen LogP contribution in [-0.4, -0.2) is 42.9 Å². The van der Waals surface area contributed by atoms with Crippen molar-refractivity contribution in [2.24, 2.45) is 0 Å². The molecule has 1 atom stereocenters. The van der Waals surface area contributed by atoms with E-state index in [9.17, 15) is 14.0 Å². The highest BCUT2D eigenvalue weighted by molar-refractivity contribution is 9.10. The molecule has 4 rings (SSSR count). The average Bonchev–Trinajstić information content (AvgIpc) is 2.98. The first kappa shape index (κ1) is 19.3. The fourth-order valence-electron chi connectivity index (χ4n) is 4.23. The van der Waals surface area contributed by atoms with Gasteiger partial charge in [-0.1, -0.05) is 6.07 Å². The predicted octanol–water partition coefficient (Wildman–Crippen LogP) is 3.41. The van der Waals surface area contributed by atoms with E-state index in [0.29, 0.717) is 48.3 Å². The van der Waals surface area contributed by atoms with Crippen molar-refractivity contribution in [2.75, 3.05) is 26.3 Å². The van der Waals surface area contributed by atoms with Crippen molar-refractivity contribution in [1.82, 2.24) is 10.2 Å². The lowest BCUT2D eigenvalue weighted by Crippen LogP contribution is -2.33. The number of Topliss-reactive ketones (excluding diaryl/α,β-unsaturated/α-hetero) is 1. The molecule has 2 heterocycles. The van der Waals surface area contributed by atoms with Crippen molar-refractivity contribution in [3.05, 3.63) is 56.6 Å². The molecule has 0 radical (unpaired) electrons. The molecule has 1 aliphatic carbocycles. The van der Waals surface area contributed by atoms with Gasteiger partial charge in [0.25, 0.3) is 5.91 Å². The maximum absolute atomic E-state index is 13.8. The molecule has 28 heavy (non-hydrogen) atoms. The van der Waals surface area contributed by atoms with E-state index >= 15 is 0 Å². The quantitative estimate of drug-likeness (QED) is 0.701. The number of allylic oxidation sites excluding steroid dienone is 2. The Hall–Kier alpha value is -1.99. The van der Waals surface area contributed by atoms with Crippen LogP contribution in [0.25, 0.3) is 0 Å². The van der Waals surface area contributed by atoms with Crippen LogP contribution in [0.1, 0.15) is 37.7 Å². The summed E-state index contributed by atoms with van der Waals surface area (Å²) >= 11 is 3.24. The molecular weight excluding hydrogens is 427 g/mol. The number of hydrogen-bond donors (Lipinski definition) is 1. The number of dihydropyridines is 1. The lowest BCUT2D eigenvalue weighted by atomic mass is 9.75. The van der Waals surface area contributed by atoms with Crippen LogP contribution < -0.4 is 5.32 Å². The number of benzene rings is 1. The molecule has 1 aromatic rings. The van der Waals surface area contributed by atoms with E-state index in [0.717, 1.165) is 29.8 Å². The minimum Gasteiger partial charge on any atom is -0.380 e. The highest BCUT2D eigenvalue weighted by Gasteiger charge is 2.44. The zero-order valence-corrected chi connectivity index (χ0v) is 17.3. The molecule has 5 nitrogen and oxygen atoms in total. The third kappa shape index (κ3) is 3.31. The van der Waals surface area contributed by atoms with Gasteiger partial charge in [0.1, 0.15) is 5.82 Å². The molecule has 0 fully saturated rings. The number of ether oxygens (including phenoxy) is 1. The van der Waals surface area contributed by atoms with Crippen molar-refractivity contribution >= 4 is 27.6 Å². The summed E-state index contributed by atoms with van der Waals surface area (Å²) in [5.74, 6) is -0.850. The van der Waals surface area contributed by atoms with Gasteiger partial charge in [-0.25, -0.2) is 4.39 Å². The minimum atomic E-state index is -0.458. The van der Waals surface area contributed by atoms with Crippen LogP contribution in [0, 0.1) is 5.82 Å². The molecule has 148 valence electrons. The summed E-state index contributed by atoms with van der Waals surface area (Å²) in [7, 11) is 0. The highest BCUT2D eigenvalue weighted by atomic mass is 79.9. The minimum absolute atomic E-state index is 0.0614. The summed E-state index contributed by atoms with van der Waals surface area (Å²) < 4.78 is 19.5. The molecular formula is C21H22BrFN2O3. The van der Waals surface area contributed by atoms with Crippen molar-refractivity contribution in [3.8, 4) is 0 Å². The molecule has 0 spiro atoms. The SMILES string of the molecule is CCOCCN1CC2=C(C1=O)[C@@H](c1ccc(F)c(Br)c1)C1=C(CCCC1=O)N2. The van der Waals surface area contributed by atoms with Gasteiger partial charge in [0.05, 0.1) is 23.2 Å². The maximum Gasteiger partial charge on any atom is 0.253 e. The van der Waals surface area contributed by atoms with Crippen LogP contribution >= 0.6 is 15.9 Å². The maximum atomic E-state index is 13.8. The number of carbonyl (C=O) groups excluding carboxylic acids is 2. The molecule has 0 unspecified atom stereocenters. The predicted molar refractivity (Wildman–Crippen MR) is 106 cm³/mol. The Morgan fingerprint density at radius 3 is 2.82 bits per heavy atom. The largest absolute Gasteiger partial charge is 0.380 e. The van der Waals surface area contributed by atoms with E-state index in [1.54, 1.807) is 17.0 Å². The first-order valence-electron chi connectivity index (χ1n) is 9.59. The van der Waals surface area contributed by atoms with Gasteiger partial charge in [0.15, 0.2) is 5.78 Å². The Morgan fingerprint density at radius 1 is 1.25 bits per heavy atom. The normalized spacial score (nSPS) is 21.8. The number of nitrogens with zero attached hydrogens (tertiary/aromatic N) is 1. The van der Waals surface area contributed by atoms with Gasteiger partial charge in [-0.3, -0.25) is 9.59 Å². The number of hydrogen-bond acceptors (Lipinski definition) is 4. The fraction of sp³-hybridized carbons (Fsp3) is 0.429. The van der Waals surface area contributed by atoms with Gasteiger partial charge in [-0.2, -0.15) is 0 Å². The number of ketones is 1. The second kappa shape index (κ2) is 7.79. The summed E-state index contributed by atoms with van der Waals surface area (Å²) in [6.45, 7) is 3.97. The second-order valence-electron chi connectivity index (χ2n) is 7.22. The van der Waals surface area contributed by atoms with Gasteiger partial charge in [-0.05, 0) is 53.4 Å². The Labute approximate surface area is 171 Å². The average molecular weight is 449 g/mol. The molecule has 1 N–H and O–H groups in total. The first-order chi connectivity index (χ1) is 13.5. The second-order valence-corrected chi connectivity index (χ2v) is 8.07. The van der Waals surface area contributed by atoms with E-state index in [4.69, 9.17) is 4.74 Å². The summed E-state index contributed by atoms with van der Waals surface area (Å²) in [6, 6.07) is 4.73. The summed E-state index contributed by atoms with van der Waals surface area (Å²) in [5.41, 5.74) is 3.76. The lowest BCUT2D eigenvalue weighted by Gasteiger charge is -2.32. The number of rotatable bonds is 5. The first-order valence-corrected chi connectivity index (χ1v) is 10.4. The molecule has 0 saturated carbocycles. The van der Waals surface area contributed by atoms with Crippen LogP contribution in [0.2, 0.25) is 0 Å².